The van der Waals surface area contributed by atoms with Crippen LogP contribution in [0.3, 0.4) is 0 Å². The molecule has 128 valence electrons. The van der Waals surface area contributed by atoms with Gasteiger partial charge < -0.3 is 15.5 Å². The molecule has 0 radical (unpaired) electrons. The summed E-state index contributed by atoms with van der Waals surface area (Å²) in [5, 5.41) is 6.19. The fraction of sp³-hybridized carbons (Fsp3) is 0.368. The van der Waals surface area contributed by atoms with Gasteiger partial charge in [-0.2, -0.15) is 0 Å². The summed E-state index contributed by atoms with van der Waals surface area (Å²) in [6.45, 7) is 6.00. The Hall–Kier alpha value is -2.40. The van der Waals surface area contributed by atoms with Gasteiger partial charge in [-0.25, -0.2) is 4.98 Å². The monoisotopic (exact) mass is 326 g/mol. The van der Waals surface area contributed by atoms with Crippen molar-refractivity contribution in [3.05, 3.63) is 53.3 Å². The number of carbonyl (C=O) groups excluding carboxylic acids is 1. The van der Waals surface area contributed by atoms with E-state index in [4.69, 9.17) is 0 Å². The number of hydrogen-bond acceptors (Lipinski definition) is 4. The van der Waals surface area contributed by atoms with Gasteiger partial charge in [0.25, 0.3) is 5.91 Å². The number of nitrogens with zero attached hydrogens (tertiary/aromatic N) is 2. The van der Waals surface area contributed by atoms with Crippen LogP contribution < -0.4 is 10.6 Å². The minimum absolute atomic E-state index is 0.197. The molecule has 2 aromatic rings. The second kappa shape index (κ2) is 8.45. The molecular formula is C19H26N4O. The zero-order valence-electron chi connectivity index (χ0n) is 14.9. The van der Waals surface area contributed by atoms with E-state index in [1.807, 2.05) is 38.1 Å². The number of rotatable bonds is 7. The molecule has 5 nitrogen and oxygen atoms in total. The van der Waals surface area contributed by atoms with E-state index in [2.05, 4.69) is 34.6 Å². The number of aryl methyl sites for hydroxylation is 2. The number of nitrogens with one attached hydrogen (secondary N) is 2. The summed E-state index contributed by atoms with van der Waals surface area (Å²) in [7, 11) is 4.12. The lowest BCUT2D eigenvalue weighted by Crippen LogP contribution is -2.17. The van der Waals surface area contributed by atoms with E-state index in [0.29, 0.717) is 5.69 Å². The smallest absolute Gasteiger partial charge is 0.274 e. The predicted molar refractivity (Wildman–Crippen MR) is 99.8 cm³/mol. The Balaban J connectivity index is 1.89. The number of hydrogen-bond donors (Lipinski definition) is 2. The van der Waals surface area contributed by atoms with Gasteiger partial charge in [0.2, 0.25) is 0 Å². The summed E-state index contributed by atoms with van der Waals surface area (Å²) in [4.78, 5) is 18.7. The first kappa shape index (κ1) is 17.9. The second-order valence-corrected chi connectivity index (χ2v) is 6.27. The Bertz CT molecular complexity index is 680. The van der Waals surface area contributed by atoms with Crippen LogP contribution in [0, 0.1) is 13.8 Å². The van der Waals surface area contributed by atoms with Gasteiger partial charge in [0.1, 0.15) is 5.69 Å². The SMILES string of the molecule is Cc1ccc(NC(=O)c2ccc(NCCCN(C)C)cn2)cc1C. The molecule has 1 aromatic carbocycles. The fourth-order valence-corrected chi connectivity index (χ4v) is 2.28. The van der Waals surface area contributed by atoms with Crippen LogP contribution in [0.15, 0.2) is 36.5 Å². The molecule has 0 saturated carbocycles. The Morgan fingerprint density at radius 3 is 2.46 bits per heavy atom. The molecule has 24 heavy (non-hydrogen) atoms. The molecule has 1 heterocycles. The fourth-order valence-electron chi connectivity index (χ4n) is 2.28. The lowest BCUT2D eigenvalue weighted by molar-refractivity contribution is 0.102. The van der Waals surface area contributed by atoms with Gasteiger partial charge in [-0.3, -0.25) is 4.79 Å². The molecule has 0 aliphatic heterocycles. The maximum Gasteiger partial charge on any atom is 0.274 e. The minimum atomic E-state index is -0.197. The first-order valence-electron chi connectivity index (χ1n) is 8.19. The van der Waals surface area contributed by atoms with Gasteiger partial charge in [0.15, 0.2) is 0 Å². The average Bonchev–Trinajstić information content (AvgIpc) is 2.55. The molecule has 0 saturated heterocycles. The summed E-state index contributed by atoms with van der Waals surface area (Å²) in [5.41, 5.74) is 4.48. The Labute approximate surface area is 144 Å². The van der Waals surface area contributed by atoms with Gasteiger partial charge >= 0.3 is 0 Å². The van der Waals surface area contributed by atoms with Crippen LogP contribution in [0.2, 0.25) is 0 Å². The molecule has 0 spiro atoms. The van der Waals surface area contributed by atoms with Crippen molar-refractivity contribution in [2.24, 2.45) is 0 Å². The summed E-state index contributed by atoms with van der Waals surface area (Å²) in [6, 6.07) is 9.50. The van der Waals surface area contributed by atoms with Gasteiger partial charge in [-0.05, 0) is 76.3 Å². The van der Waals surface area contributed by atoms with Crippen molar-refractivity contribution in [1.29, 1.82) is 0 Å². The zero-order chi connectivity index (χ0) is 17.5. The molecular weight excluding hydrogens is 300 g/mol. The maximum absolute atomic E-state index is 12.3. The van der Waals surface area contributed by atoms with E-state index in [1.165, 1.54) is 5.56 Å². The van der Waals surface area contributed by atoms with Crippen LogP contribution in [-0.4, -0.2) is 43.0 Å². The standard InChI is InChI=1S/C19H26N4O/c1-14-6-7-16(12-15(14)2)22-19(24)18-9-8-17(13-21-18)20-10-5-11-23(3)4/h6-9,12-13,20H,5,10-11H2,1-4H3,(H,22,24). The molecule has 0 aliphatic carbocycles. The highest BCUT2D eigenvalue weighted by Gasteiger charge is 2.08. The number of pyridine rings is 1. The molecule has 0 fully saturated rings. The van der Waals surface area contributed by atoms with Crippen LogP contribution in [0.5, 0.6) is 0 Å². The van der Waals surface area contributed by atoms with Crippen molar-refractivity contribution in [2.75, 3.05) is 37.8 Å². The molecule has 1 amide bonds. The number of aromatic nitrogens is 1. The van der Waals surface area contributed by atoms with Crippen LogP contribution in [0.4, 0.5) is 11.4 Å². The molecule has 0 atom stereocenters. The average molecular weight is 326 g/mol. The summed E-state index contributed by atoms with van der Waals surface area (Å²) in [5.74, 6) is -0.197. The van der Waals surface area contributed by atoms with Crippen molar-refractivity contribution in [2.45, 2.75) is 20.3 Å². The van der Waals surface area contributed by atoms with Crippen LogP contribution in [0.1, 0.15) is 28.0 Å². The highest BCUT2D eigenvalue weighted by atomic mass is 16.1. The molecule has 2 N–H and O–H groups in total. The van der Waals surface area contributed by atoms with Gasteiger partial charge in [0, 0.05) is 12.2 Å². The third-order valence-corrected chi connectivity index (χ3v) is 3.87. The Morgan fingerprint density at radius 1 is 1.08 bits per heavy atom. The van der Waals surface area contributed by atoms with E-state index in [1.54, 1.807) is 12.3 Å². The van der Waals surface area contributed by atoms with E-state index in [0.717, 1.165) is 36.4 Å². The highest BCUT2D eigenvalue weighted by Crippen LogP contribution is 2.15. The van der Waals surface area contributed by atoms with E-state index in [9.17, 15) is 4.79 Å². The van der Waals surface area contributed by atoms with Gasteiger partial charge in [0.05, 0.1) is 11.9 Å². The van der Waals surface area contributed by atoms with Crippen molar-refractivity contribution >= 4 is 17.3 Å². The third kappa shape index (κ3) is 5.35. The number of amides is 1. The van der Waals surface area contributed by atoms with Crippen molar-refractivity contribution in [1.82, 2.24) is 9.88 Å². The van der Waals surface area contributed by atoms with E-state index in [-0.39, 0.29) is 5.91 Å². The van der Waals surface area contributed by atoms with Crippen LogP contribution >= 0.6 is 0 Å². The maximum atomic E-state index is 12.3. The molecule has 0 bridgehead atoms. The third-order valence-electron chi connectivity index (χ3n) is 3.87. The summed E-state index contributed by atoms with van der Waals surface area (Å²) >= 11 is 0. The second-order valence-electron chi connectivity index (χ2n) is 6.27. The largest absolute Gasteiger partial charge is 0.384 e. The number of carbonyl (C=O) groups is 1. The topological polar surface area (TPSA) is 57.3 Å². The van der Waals surface area contributed by atoms with Gasteiger partial charge in [-0.15, -0.1) is 0 Å². The van der Waals surface area contributed by atoms with Crippen molar-refractivity contribution < 1.29 is 4.79 Å². The predicted octanol–water partition coefficient (Wildman–Crippen LogP) is 3.31. The first-order valence-corrected chi connectivity index (χ1v) is 8.19. The highest BCUT2D eigenvalue weighted by molar-refractivity contribution is 6.03. The molecule has 0 unspecified atom stereocenters. The summed E-state index contributed by atoms with van der Waals surface area (Å²) < 4.78 is 0. The van der Waals surface area contributed by atoms with Crippen molar-refractivity contribution in [3.8, 4) is 0 Å². The Morgan fingerprint density at radius 2 is 1.83 bits per heavy atom. The number of benzene rings is 1. The van der Waals surface area contributed by atoms with E-state index >= 15 is 0 Å². The first-order chi connectivity index (χ1) is 11.5. The minimum Gasteiger partial charge on any atom is -0.384 e. The lowest BCUT2D eigenvalue weighted by atomic mass is 10.1. The van der Waals surface area contributed by atoms with Crippen LogP contribution in [0.25, 0.3) is 0 Å². The lowest BCUT2D eigenvalue weighted by Gasteiger charge is -2.11. The van der Waals surface area contributed by atoms with Crippen molar-refractivity contribution in [3.63, 3.8) is 0 Å². The molecule has 1 aromatic heterocycles. The molecule has 5 heteroatoms. The number of anilines is 2. The zero-order valence-corrected chi connectivity index (χ0v) is 14.9. The molecule has 0 aliphatic rings. The molecule has 2 rings (SSSR count). The van der Waals surface area contributed by atoms with E-state index < -0.39 is 0 Å². The summed E-state index contributed by atoms with van der Waals surface area (Å²) in [6.07, 6.45) is 2.76. The Kier molecular flexibility index (Phi) is 6.32. The normalized spacial score (nSPS) is 10.7. The quantitative estimate of drug-likeness (QED) is 0.767. The van der Waals surface area contributed by atoms with Crippen LogP contribution in [-0.2, 0) is 0 Å². The van der Waals surface area contributed by atoms with Gasteiger partial charge in [-0.1, -0.05) is 6.07 Å².